The molecule has 3 nitrogen and oxygen atoms in total. The monoisotopic (exact) mass is 374 g/mol. The molecule has 0 aliphatic carbocycles. The third-order valence-corrected chi connectivity index (χ3v) is 5.63. The highest BCUT2D eigenvalue weighted by Gasteiger charge is 2.12. The van der Waals surface area contributed by atoms with Crippen LogP contribution < -0.4 is 10.1 Å². The summed E-state index contributed by atoms with van der Waals surface area (Å²) in [6.07, 6.45) is 1.78. The topological polar surface area (TPSA) is 34.4 Å². The molecule has 0 atom stereocenters. The van der Waals surface area contributed by atoms with Gasteiger partial charge in [-0.05, 0) is 60.9 Å². The van der Waals surface area contributed by atoms with Crippen LogP contribution in [0.2, 0.25) is 10.0 Å². The quantitative estimate of drug-likeness (QED) is 0.495. The van der Waals surface area contributed by atoms with E-state index in [1.54, 1.807) is 28.7 Å². The number of hydrogen-bond acceptors (Lipinski definition) is 3. The van der Waals surface area contributed by atoms with Crippen LogP contribution in [0.15, 0.2) is 35.1 Å². The Kier molecular flexibility index (Phi) is 3.64. The van der Waals surface area contributed by atoms with Gasteiger partial charge in [0, 0.05) is 10.0 Å². The summed E-state index contributed by atoms with van der Waals surface area (Å²) in [5.74, 6) is 0. The average molecular weight is 375 g/mol. The van der Waals surface area contributed by atoms with Crippen molar-refractivity contribution in [1.82, 2.24) is 9.38 Å². The van der Waals surface area contributed by atoms with Crippen molar-refractivity contribution in [3.63, 3.8) is 0 Å². The van der Waals surface area contributed by atoms with E-state index < -0.39 is 0 Å². The first-order valence-electron chi connectivity index (χ1n) is 7.33. The van der Waals surface area contributed by atoms with Crippen LogP contribution in [0.4, 0.5) is 0 Å². The predicted octanol–water partition coefficient (Wildman–Crippen LogP) is 4.38. The van der Waals surface area contributed by atoms with Crippen molar-refractivity contribution in [2.24, 2.45) is 0 Å². The maximum atomic E-state index is 12.8. The zero-order valence-electron chi connectivity index (χ0n) is 12.9. The van der Waals surface area contributed by atoms with Gasteiger partial charge in [0.2, 0.25) is 0 Å². The molecule has 0 aliphatic rings. The van der Waals surface area contributed by atoms with Crippen molar-refractivity contribution >= 4 is 56.6 Å². The molecule has 0 aliphatic heterocycles. The third kappa shape index (κ3) is 2.42. The Morgan fingerprint density at radius 2 is 1.88 bits per heavy atom. The van der Waals surface area contributed by atoms with E-state index in [0.717, 1.165) is 22.2 Å². The molecule has 0 saturated heterocycles. The highest BCUT2D eigenvalue weighted by Crippen LogP contribution is 2.23. The number of imidazole rings is 1. The molecule has 2 aromatic carbocycles. The fourth-order valence-electron chi connectivity index (χ4n) is 2.68. The summed E-state index contributed by atoms with van der Waals surface area (Å²) in [5, 5.41) is 1.08. The molecule has 0 radical (unpaired) electrons. The molecule has 120 valence electrons. The Bertz CT molecular complexity index is 1220. The first kappa shape index (κ1) is 15.6. The van der Waals surface area contributed by atoms with Gasteiger partial charge in [-0.2, -0.15) is 0 Å². The van der Waals surface area contributed by atoms with E-state index in [1.165, 1.54) is 16.9 Å². The molecule has 4 aromatic rings. The number of aromatic nitrogens is 2. The standard InChI is InChI=1S/C18H12Cl2N2OS/c1-9-5-14-15(6-10(9)2)22-17(23)16(24-18(22)21-14)7-11-3-4-12(19)8-13(11)20/h3-8H,1-2H3/b16-7+. The zero-order valence-corrected chi connectivity index (χ0v) is 15.3. The second-order valence-corrected chi connectivity index (χ2v) is 7.59. The van der Waals surface area contributed by atoms with Crippen LogP contribution in [0.5, 0.6) is 0 Å². The molecule has 2 aromatic heterocycles. The molecule has 24 heavy (non-hydrogen) atoms. The number of aryl methyl sites for hydroxylation is 2. The third-order valence-electron chi connectivity index (χ3n) is 4.10. The minimum Gasteiger partial charge on any atom is -0.267 e. The first-order chi connectivity index (χ1) is 11.4. The largest absolute Gasteiger partial charge is 0.274 e. The van der Waals surface area contributed by atoms with Gasteiger partial charge in [0.15, 0.2) is 4.96 Å². The van der Waals surface area contributed by atoms with Crippen LogP contribution >= 0.6 is 34.5 Å². The molecule has 0 unspecified atom stereocenters. The molecule has 0 bridgehead atoms. The normalized spacial score (nSPS) is 12.6. The minimum absolute atomic E-state index is 0.0771. The van der Waals surface area contributed by atoms with Gasteiger partial charge in [0.05, 0.1) is 15.6 Å². The van der Waals surface area contributed by atoms with Crippen molar-refractivity contribution in [3.05, 3.63) is 72.0 Å². The number of halogens is 2. The molecule has 0 amide bonds. The van der Waals surface area contributed by atoms with Gasteiger partial charge in [0.25, 0.3) is 5.56 Å². The highest BCUT2D eigenvalue weighted by molar-refractivity contribution is 7.15. The smallest absolute Gasteiger partial charge is 0.267 e. The van der Waals surface area contributed by atoms with E-state index in [2.05, 4.69) is 4.98 Å². The molecular formula is C18H12Cl2N2OS. The van der Waals surface area contributed by atoms with Gasteiger partial charge in [-0.15, -0.1) is 0 Å². The molecule has 0 fully saturated rings. The van der Waals surface area contributed by atoms with Gasteiger partial charge >= 0.3 is 0 Å². The van der Waals surface area contributed by atoms with Crippen LogP contribution in [0.3, 0.4) is 0 Å². The number of hydrogen-bond donors (Lipinski definition) is 0. The number of rotatable bonds is 1. The zero-order chi connectivity index (χ0) is 17.0. The lowest BCUT2D eigenvalue weighted by molar-refractivity contribution is 1.18. The summed E-state index contributed by atoms with van der Waals surface area (Å²) in [7, 11) is 0. The Labute approximate surface area is 151 Å². The second-order valence-electron chi connectivity index (χ2n) is 5.74. The van der Waals surface area contributed by atoms with Gasteiger partial charge in [-0.25, -0.2) is 9.38 Å². The van der Waals surface area contributed by atoms with E-state index in [4.69, 9.17) is 23.2 Å². The van der Waals surface area contributed by atoms with Crippen molar-refractivity contribution in [3.8, 4) is 0 Å². The first-order valence-corrected chi connectivity index (χ1v) is 8.90. The van der Waals surface area contributed by atoms with Crippen molar-refractivity contribution in [1.29, 1.82) is 0 Å². The minimum atomic E-state index is -0.0771. The summed E-state index contributed by atoms with van der Waals surface area (Å²) < 4.78 is 2.27. The molecule has 4 rings (SSSR count). The van der Waals surface area contributed by atoms with Gasteiger partial charge < -0.3 is 0 Å². The summed E-state index contributed by atoms with van der Waals surface area (Å²) >= 11 is 13.5. The van der Waals surface area contributed by atoms with Gasteiger partial charge in [-0.3, -0.25) is 4.79 Å². The fourth-order valence-corrected chi connectivity index (χ4v) is 4.12. The van der Waals surface area contributed by atoms with Crippen molar-refractivity contribution < 1.29 is 0 Å². The lowest BCUT2D eigenvalue weighted by Crippen LogP contribution is -2.22. The Morgan fingerprint density at radius 3 is 2.62 bits per heavy atom. The number of benzene rings is 2. The SMILES string of the molecule is Cc1cc2nc3s/c(=C/c4ccc(Cl)cc4Cl)c(=O)n3c2cc1C. The number of nitrogens with zero attached hydrogens (tertiary/aromatic N) is 2. The fraction of sp³-hybridized carbons (Fsp3) is 0.111. The number of fused-ring (bicyclic) bond motifs is 3. The van der Waals surface area contributed by atoms with Crippen LogP contribution in [0, 0.1) is 13.8 Å². The lowest BCUT2D eigenvalue weighted by Gasteiger charge is -1.98. The van der Waals surface area contributed by atoms with Crippen LogP contribution in [-0.2, 0) is 0 Å². The van der Waals surface area contributed by atoms with Crippen LogP contribution in [0.25, 0.3) is 22.1 Å². The van der Waals surface area contributed by atoms with E-state index in [1.807, 2.05) is 26.0 Å². The maximum absolute atomic E-state index is 12.8. The molecule has 6 heteroatoms. The Balaban J connectivity index is 2.01. The Morgan fingerprint density at radius 1 is 1.12 bits per heavy atom. The van der Waals surface area contributed by atoms with Crippen molar-refractivity contribution in [2.75, 3.05) is 0 Å². The van der Waals surface area contributed by atoms with E-state index in [0.29, 0.717) is 19.5 Å². The second kappa shape index (κ2) is 5.59. The van der Waals surface area contributed by atoms with E-state index >= 15 is 0 Å². The lowest BCUT2D eigenvalue weighted by atomic mass is 10.1. The maximum Gasteiger partial charge on any atom is 0.274 e. The summed E-state index contributed by atoms with van der Waals surface area (Å²) in [4.78, 5) is 18.1. The molecule has 0 saturated carbocycles. The highest BCUT2D eigenvalue weighted by atomic mass is 35.5. The van der Waals surface area contributed by atoms with E-state index in [-0.39, 0.29) is 5.56 Å². The summed E-state index contributed by atoms with van der Waals surface area (Å²) in [5.41, 5.74) is 4.68. The summed E-state index contributed by atoms with van der Waals surface area (Å²) in [6, 6.07) is 9.25. The van der Waals surface area contributed by atoms with Crippen molar-refractivity contribution in [2.45, 2.75) is 13.8 Å². The van der Waals surface area contributed by atoms with Gasteiger partial charge in [0.1, 0.15) is 0 Å². The number of thiazole rings is 1. The molecular weight excluding hydrogens is 363 g/mol. The predicted molar refractivity (Wildman–Crippen MR) is 102 cm³/mol. The Hall–Kier alpha value is -1.88. The van der Waals surface area contributed by atoms with Crippen LogP contribution in [-0.4, -0.2) is 9.38 Å². The van der Waals surface area contributed by atoms with Gasteiger partial charge in [-0.1, -0.05) is 40.6 Å². The van der Waals surface area contributed by atoms with Crippen LogP contribution in [0.1, 0.15) is 16.7 Å². The average Bonchev–Trinajstić information content (AvgIpc) is 3.00. The molecule has 2 heterocycles. The van der Waals surface area contributed by atoms with E-state index in [9.17, 15) is 4.79 Å². The molecule has 0 spiro atoms. The molecule has 0 N–H and O–H groups in total. The summed E-state index contributed by atoms with van der Waals surface area (Å²) in [6.45, 7) is 4.08.